The fourth-order valence-corrected chi connectivity index (χ4v) is 2.42. The number of ether oxygens (including phenoxy) is 1. The van der Waals surface area contributed by atoms with Gasteiger partial charge in [0.15, 0.2) is 5.71 Å². The molecule has 3 rings (SSSR count). The van der Waals surface area contributed by atoms with Crippen molar-refractivity contribution in [3.05, 3.63) is 29.3 Å². The summed E-state index contributed by atoms with van der Waals surface area (Å²) in [6.07, 6.45) is 0. The van der Waals surface area contributed by atoms with Crippen LogP contribution in [0.25, 0.3) is 0 Å². The van der Waals surface area contributed by atoms with E-state index in [9.17, 15) is 4.79 Å². The molecule has 0 aliphatic carbocycles. The molecule has 2 aliphatic heterocycles. The van der Waals surface area contributed by atoms with Gasteiger partial charge >= 0.3 is 0 Å². The van der Waals surface area contributed by atoms with Gasteiger partial charge in [-0.25, -0.2) is 0 Å². The molecule has 1 N–H and O–H groups in total. The molecule has 5 heteroatoms. The summed E-state index contributed by atoms with van der Waals surface area (Å²) in [7, 11) is 0. The Morgan fingerprint density at radius 3 is 2.75 bits per heavy atom. The number of amides is 1. The molecule has 1 amide bonds. The fourth-order valence-electron chi connectivity index (χ4n) is 2.42. The van der Waals surface area contributed by atoms with E-state index in [2.05, 4.69) is 36.4 Å². The molecule has 0 spiro atoms. The molecule has 0 aromatic heterocycles. The number of rotatable bonds is 2. The van der Waals surface area contributed by atoms with Crippen molar-refractivity contribution < 1.29 is 9.53 Å². The Balaban J connectivity index is 1.95. The van der Waals surface area contributed by atoms with Crippen molar-refractivity contribution in [2.75, 3.05) is 31.6 Å². The predicted octanol–water partition coefficient (Wildman–Crippen LogP) is 1.80. The highest BCUT2D eigenvalue weighted by Gasteiger charge is 2.27. The molecule has 0 unspecified atom stereocenters. The summed E-state index contributed by atoms with van der Waals surface area (Å²) < 4.78 is 5.30. The zero-order chi connectivity index (χ0) is 14.1. The number of morpholine rings is 1. The highest BCUT2D eigenvalue weighted by Crippen LogP contribution is 2.27. The lowest BCUT2D eigenvalue weighted by atomic mass is 9.99. The third kappa shape index (κ3) is 2.41. The lowest BCUT2D eigenvalue weighted by molar-refractivity contribution is -0.110. The summed E-state index contributed by atoms with van der Waals surface area (Å²) >= 11 is 0. The SMILES string of the molecule is CC(C)c1ccc2c(c1)/C(=N\N1CCOCC1)C(=O)N2. The van der Waals surface area contributed by atoms with Gasteiger partial charge < -0.3 is 10.1 Å². The van der Waals surface area contributed by atoms with Gasteiger partial charge in [-0.3, -0.25) is 9.80 Å². The molecule has 2 heterocycles. The summed E-state index contributed by atoms with van der Waals surface area (Å²) in [4.78, 5) is 12.1. The molecular weight excluding hydrogens is 254 g/mol. The topological polar surface area (TPSA) is 53.9 Å². The summed E-state index contributed by atoms with van der Waals surface area (Å²) in [6.45, 7) is 7.08. The Labute approximate surface area is 118 Å². The van der Waals surface area contributed by atoms with Gasteiger partial charge in [0.05, 0.1) is 32.0 Å². The van der Waals surface area contributed by atoms with Gasteiger partial charge in [-0.05, 0) is 23.6 Å². The molecule has 0 saturated carbocycles. The van der Waals surface area contributed by atoms with Crippen LogP contribution in [-0.2, 0) is 9.53 Å². The van der Waals surface area contributed by atoms with Crippen LogP contribution in [0.2, 0.25) is 0 Å². The van der Waals surface area contributed by atoms with E-state index in [1.807, 2.05) is 11.1 Å². The van der Waals surface area contributed by atoms with Crippen LogP contribution in [0.15, 0.2) is 23.3 Å². The fraction of sp³-hybridized carbons (Fsp3) is 0.467. The Morgan fingerprint density at radius 2 is 2.05 bits per heavy atom. The average molecular weight is 273 g/mol. The van der Waals surface area contributed by atoms with Crippen LogP contribution in [0.1, 0.15) is 30.9 Å². The molecule has 2 aliphatic rings. The largest absolute Gasteiger partial charge is 0.378 e. The van der Waals surface area contributed by atoms with Crippen molar-refractivity contribution in [2.24, 2.45) is 5.10 Å². The van der Waals surface area contributed by atoms with Crippen LogP contribution in [0.3, 0.4) is 0 Å². The first kappa shape index (κ1) is 13.1. The number of benzene rings is 1. The molecule has 0 atom stereocenters. The van der Waals surface area contributed by atoms with Crippen molar-refractivity contribution in [2.45, 2.75) is 19.8 Å². The summed E-state index contributed by atoms with van der Waals surface area (Å²) in [5, 5.41) is 9.30. The van der Waals surface area contributed by atoms with E-state index >= 15 is 0 Å². The molecule has 1 fully saturated rings. The summed E-state index contributed by atoms with van der Waals surface area (Å²) in [5.41, 5.74) is 3.50. The number of carbonyl (C=O) groups is 1. The van der Waals surface area contributed by atoms with E-state index in [4.69, 9.17) is 4.74 Å². The van der Waals surface area contributed by atoms with E-state index in [1.54, 1.807) is 0 Å². The molecule has 1 aromatic rings. The second-order valence-electron chi connectivity index (χ2n) is 5.43. The normalized spacial score (nSPS) is 20.4. The molecule has 0 radical (unpaired) electrons. The van der Waals surface area contributed by atoms with Crippen molar-refractivity contribution in [1.82, 2.24) is 5.01 Å². The summed E-state index contributed by atoms with van der Waals surface area (Å²) in [5.74, 6) is 0.313. The Hall–Kier alpha value is -1.88. The first-order valence-electron chi connectivity index (χ1n) is 7.02. The lowest BCUT2D eigenvalue weighted by Crippen LogP contribution is -2.34. The third-order valence-corrected chi connectivity index (χ3v) is 3.66. The second-order valence-corrected chi connectivity index (χ2v) is 5.43. The van der Waals surface area contributed by atoms with Crippen LogP contribution < -0.4 is 5.32 Å². The molecular formula is C15H19N3O2. The van der Waals surface area contributed by atoms with Crippen LogP contribution >= 0.6 is 0 Å². The standard InChI is InChI=1S/C15H19N3O2/c1-10(2)11-3-4-13-12(9-11)14(15(19)16-13)17-18-5-7-20-8-6-18/h3-4,9-10H,5-8H2,1-2H3,(H,16,17,19). The lowest BCUT2D eigenvalue weighted by Gasteiger charge is -2.24. The zero-order valence-electron chi connectivity index (χ0n) is 11.8. The quantitative estimate of drug-likeness (QED) is 0.894. The second kappa shape index (κ2) is 5.25. The minimum Gasteiger partial charge on any atom is -0.378 e. The van der Waals surface area contributed by atoms with E-state index in [0.29, 0.717) is 24.8 Å². The van der Waals surface area contributed by atoms with Crippen LogP contribution in [0.4, 0.5) is 5.69 Å². The average Bonchev–Trinajstić information content (AvgIpc) is 2.75. The van der Waals surface area contributed by atoms with E-state index in [1.165, 1.54) is 5.56 Å². The van der Waals surface area contributed by atoms with Crippen molar-refractivity contribution in [3.63, 3.8) is 0 Å². The van der Waals surface area contributed by atoms with Gasteiger partial charge in [-0.15, -0.1) is 0 Å². The molecule has 1 saturated heterocycles. The van der Waals surface area contributed by atoms with Crippen molar-refractivity contribution in [1.29, 1.82) is 0 Å². The number of anilines is 1. The molecule has 106 valence electrons. The highest BCUT2D eigenvalue weighted by atomic mass is 16.5. The number of carbonyl (C=O) groups excluding carboxylic acids is 1. The Morgan fingerprint density at radius 1 is 1.30 bits per heavy atom. The van der Waals surface area contributed by atoms with E-state index in [-0.39, 0.29) is 5.91 Å². The minimum absolute atomic E-state index is 0.118. The number of nitrogens with zero attached hydrogens (tertiary/aromatic N) is 2. The zero-order valence-corrected chi connectivity index (χ0v) is 11.8. The molecule has 5 nitrogen and oxygen atoms in total. The number of nitrogens with one attached hydrogen (secondary N) is 1. The van der Waals surface area contributed by atoms with E-state index in [0.717, 1.165) is 24.3 Å². The Bertz CT molecular complexity index is 560. The smallest absolute Gasteiger partial charge is 0.276 e. The van der Waals surface area contributed by atoms with Crippen LogP contribution in [0.5, 0.6) is 0 Å². The third-order valence-electron chi connectivity index (χ3n) is 3.66. The highest BCUT2D eigenvalue weighted by molar-refractivity contribution is 6.53. The first-order chi connectivity index (χ1) is 9.65. The van der Waals surface area contributed by atoms with Crippen molar-refractivity contribution in [3.8, 4) is 0 Å². The minimum atomic E-state index is -0.118. The predicted molar refractivity (Wildman–Crippen MR) is 78.1 cm³/mol. The van der Waals surface area contributed by atoms with Gasteiger partial charge in [0.2, 0.25) is 0 Å². The molecule has 20 heavy (non-hydrogen) atoms. The first-order valence-corrected chi connectivity index (χ1v) is 7.02. The summed E-state index contributed by atoms with van der Waals surface area (Å²) in [6, 6.07) is 6.09. The van der Waals surface area contributed by atoms with E-state index < -0.39 is 0 Å². The molecule has 1 aromatic carbocycles. The van der Waals surface area contributed by atoms with Gasteiger partial charge in [-0.1, -0.05) is 19.9 Å². The monoisotopic (exact) mass is 273 g/mol. The van der Waals surface area contributed by atoms with Gasteiger partial charge in [0.25, 0.3) is 5.91 Å². The van der Waals surface area contributed by atoms with Gasteiger partial charge in [0, 0.05) is 5.56 Å². The van der Waals surface area contributed by atoms with Crippen LogP contribution in [-0.4, -0.2) is 42.9 Å². The van der Waals surface area contributed by atoms with Crippen molar-refractivity contribution >= 4 is 17.3 Å². The van der Waals surface area contributed by atoms with Gasteiger partial charge in [-0.2, -0.15) is 5.10 Å². The Kier molecular flexibility index (Phi) is 3.44. The van der Waals surface area contributed by atoms with Crippen LogP contribution in [0, 0.1) is 0 Å². The maximum atomic E-state index is 12.1. The maximum absolute atomic E-state index is 12.1. The maximum Gasteiger partial charge on any atom is 0.276 e. The number of hydrogen-bond donors (Lipinski definition) is 1. The van der Waals surface area contributed by atoms with Gasteiger partial charge in [0.1, 0.15) is 0 Å². The molecule has 0 bridgehead atoms. The number of hydrazone groups is 1. The number of fused-ring (bicyclic) bond motifs is 1. The number of hydrogen-bond acceptors (Lipinski definition) is 4.